The average molecular weight is 256 g/mol. The summed E-state index contributed by atoms with van der Waals surface area (Å²) in [5.74, 6) is 0. The van der Waals surface area contributed by atoms with Crippen LogP contribution in [0.25, 0.3) is 0 Å². The third-order valence-electron chi connectivity index (χ3n) is 0.936. The lowest BCUT2D eigenvalue weighted by atomic mass is 10.7. The SMILES string of the molecule is C[S+]([O-])c1ncc(Br)c(Cl)n1. The summed E-state index contributed by atoms with van der Waals surface area (Å²) in [6.45, 7) is 0. The number of aromatic nitrogens is 2. The van der Waals surface area contributed by atoms with Crippen molar-refractivity contribution in [3.63, 3.8) is 0 Å². The van der Waals surface area contributed by atoms with Crippen LogP contribution in [-0.4, -0.2) is 20.8 Å². The van der Waals surface area contributed by atoms with Gasteiger partial charge in [0.25, 0.3) is 0 Å². The van der Waals surface area contributed by atoms with Gasteiger partial charge in [0.05, 0.1) is 10.7 Å². The molecule has 0 spiro atoms. The van der Waals surface area contributed by atoms with Crippen LogP contribution in [0.15, 0.2) is 15.8 Å². The predicted molar refractivity (Wildman–Crippen MR) is 47.1 cm³/mol. The fourth-order valence-corrected chi connectivity index (χ4v) is 1.26. The van der Waals surface area contributed by atoms with Crippen LogP contribution in [0, 0.1) is 0 Å². The molecule has 1 unspecified atom stereocenters. The normalized spacial score (nSPS) is 13.1. The summed E-state index contributed by atoms with van der Waals surface area (Å²) >= 11 is 7.57. The Kier molecular flexibility index (Phi) is 3.12. The molecule has 0 aromatic carbocycles. The zero-order chi connectivity index (χ0) is 8.43. The molecule has 1 aromatic heterocycles. The minimum Gasteiger partial charge on any atom is -0.609 e. The van der Waals surface area contributed by atoms with E-state index in [0.717, 1.165) is 0 Å². The molecule has 1 heterocycles. The van der Waals surface area contributed by atoms with Crippen molar-refractivity contribution in [1.82, 2.24) is 9.97 Å². The molecule has 0 aliphatic rings. The van der Waals surface area contributed by atoms with E-state index < -0.39 is 11.2 Å². The van der Waals surface area contributed by atoms with E-state index in [4.69, 9.17) is 11.6 Å². The molecule has 0 radical (unpaired) electrons. The van der Waals surface area contributed by atoms with Crippen LogP contribution in [0.2, 0.25) is 5.15 Å². The number of hydrogen-bond acceptors (Lipinski definition) is 3. The van der Waals surface area contributed by atoms with Gasteiger partial charge in [-0.1, -0.05) is 11.6 Å². The van der Waals surface area contributed by atoms with E-state index in [1.54, 1.807) is 0 Å². The van der Waals surface area contributed by atoms with Gasteiger partial charge in [-0.05, 0) is 15.9 Å². The van der Waals surface area contributed by atoms with E-state index in [0.29, 0.717) is 4.47 Å². The quantitative estimate of drug-likeness (QED) is 0.435. The molecule has 3 nitrogen and oxygen atoms in total. The van der Waals surface area contributed by atoms with E-state index in [-0.39, 0.29) is 10.3 Å². The van der Waals surface area contributed by atoms with Crippen LogP contribution in [0.1, 0.15) is 0 Å². The predicted octanol–water partition coefficient (Wildman–Crippen LogP) is 1.63. The topological polar surface area (TPSA) is 48.8 Å². The molecule has 0 saturated carbocycles. The maximum Gasteiger partial charge on any atom is 0.343 e. The highest BCUT2D eigenvalue weighted by Crippen LogP contribution is 2.19. The van der Waals surface area contributed by atoms with E-state index in [1.807, 2.05) is 0 Å². The smallest absolute Gasteiger partial charge is 0.343 e. The van der Waals surface area contributed by atoms with Gasteiger partial charge in [-0.3, -0.25) is 0 Å². The highest BCUT2D eigenvalue weighted by molar-refractivity contribution is 9.10. The summed E-state index contributed by atoms with van der Waals surface area (Å²) in [6.07, 6.45) is 2.98. The minimum atomic E-state index is -1.18. The number of nitrogens with zero attached hydrogens (tertiary/aromatic N) is 2. The Hall–Kier alpha value is 0.160. The molecule has 0 N–H and O–H groups in total. The van der Waals surface area contributed by atoms with Crippen LogP contribution >= 0.6 is 27.5 Å². The van der Waals surface area contributed by atoms with E-state index in [2.05, 4.69) is 25.9 Å². The van der Waals surface area contributed by atoms with Gasteiger partial charge < -0.3 is 4.55 Å². The van der Waals surface area contributed by atoms with Crippen molar-refractivity contribution in [3.05, 3.63) is 15.8 Å². The monoisotopic (exact) mass is 254 g/mol. The van der Waals surface area contributed by atoms with Gasteiger partial charge in [-0.2, -0.15) is 9.97 Å². The van der Waals surface area contributed by atoms with Crippen molar-refractivity contribution in [3.8, 4) is 0 Å². The Labute approximate surface area is 80.5 Å². The fraction of sp³-hybridized carbons (Fsp3) is 0.200. The largest absolute Gasteiger partial charge is 0.609 e. The fourth-order valence-electron chi connectivity index (χ4n) is 0.470. The molecule has 11 heavy (non-hydrogen) atoms. The molecule has 60 valence electrons. The highest BCUT2D eigenvalue weighted by atomic mass is 79.9. The molecular formula is C5H4BrClN2OS. The first kappa shape index (κ1) is 9.25. The van der Waals surface area contributed by atoms with E-state index in [1.165, 1.54) is 12.5 Å². The van der Waals surface area contributed by atoms with E-state index >= 15 is 0 Å². The summed E-state index contributed by atoms with van der Waals surface area (Å²) in [4.78, 5) is 7.58. The van der Waals surface area contributed by atoms with Gasteiger partial charge in [0.2, 0.25) is 0 Å². The maximum atomic E-state index is 10.8. The zero-order valence-electron chi connectivity index (χ0n) is 5.54. The molecule has 6 heteroatoms. The third-order valence-corrected chi connectivity index (χ3v) is 2.74. The number of halogens is 2. The Morgan fingerprint density at radius 1 is 1.73 bits per heavy atom. The standard InChI is InChI=1S/C5H4BrClN2OS/c1-11(10)5-8-2-3(6)4(7)9-5/h2H,1H3. The number of hydrogen-bond donors (Lipinski definition) is 0. The lowest BCUT2D eigenvalue weighted by Gasteiger charge is -2.01. The van der Waals surface area contributed by atoms with Crippen LogP contribution < -0.4 is 0 Å². The van der Waals surface area contributed by atoms with Crippen molar-refractivity contribution >= 4 is 38.7 Å². The molecule has 0 bridgehead atoms. The molecule has 0 fully saturated rings. The highest BCUT2D eigenvalue weighted by Gasteiger charge is 2.09. The first-order valence-electron chi connectivity index (χ1n) is 2.62. The van der Waals surface area contributed by atoms with Gasteiger partial charge in [0.1, 0.15) is 6.26 Å². The van der Waals surface area contributed by atoms with Crippen LogP contribution in [0.5, 0.6) is 0 Å². The Balaban J connectivity index is 3.05. The third kappa shape index (κ3) is 2.30. The molecule has 0 saturated heterocycles. The molecule has 0 aliphatic carbocycles. The van der Waals surface area contributed by atoms with Gasteiger partial charge >= 0.3 is 5.16 Å². The van der Waals surface area contributed by atoms with Crippen molar-refractivity contribution in [2.45, 2.75) is 5.16 Å². The first-order valence-corrected chi connectivity index (χ1v) is 5.35. The van der Waals surface area contributed by atoms with Crippen molar-refractivity contribution in [1.29, 1.82) is 0 Å². The van der Waals surface area contributed by atoms with Crippen LogP contribution in [-0.2, 0) is 11.2 Å². The first-order chi connectivity index (χ1) is 5.11. The summed E-state index contributed by atoms with van der Waals surface area (Å²) in [7, 11) is 0. The second kappa shape index (κ2) is 3.71. The lowest BCUT2D eigenvalue weighted by molar-refractivity contribution is 0.592. The van der Waals surface area contributed by atoms with Gasteiger partial charge in [0.15, 0.2) is 5.15 Å². The van der Waals surface area contributed by atoms with Gasteiger partial charge in [-0.15, -0.1) is 0 Å². The number of rotatable bonds is 1. The van der Waals surface area contributed by atoms with Crippen molar-refractivity contribution < 1.29 is 4.55 Å². The summed E-state index contributed by atoms with van der Waals surface area (Å²) in [5.41, 5.74) is 0. The molecular weight excluding hydrogens is 251 g/mol. The van der Waals surface area contributed by atoms with Crippen LogP contribution in [0.3, 0.4) is 0 Å². The van der Waals surface area contributed by atoms with Crippen molar-refractivity contribution in [2.24, 2.45) is 0 Å². The second-order valence-corrected chi connectivity index (χ2v) is 4.23. The zero-order valence-corrected chi connectivity index (χ0v) is 8.70. The summed E-state index contributed by atoms with van der Waals surface area (Å²) < 4.78 is 11.4. The Morgan fingerprint density at radius 3 is 2.82 bits per heavy atom. The summed E-state index contributed by atoms with van der Waals surface area (Å²) in [6, 6.07) is 0. The van der Waals surface area contributed by atoms with Crippen LogP contribution in [0.4, 0.5) is 0 Å². The molecule has 0 aliphatic heterocycles. The Morgan fingerprint density at radius 2 is 2.36 bits per heavy atom. The lowest BCUT2D eigenvalue weighted by Crippen LogP contribution is -2.03. The molecule has 1 aromatic rings. The minimum absolute atomic E-state index is 0.248. The van der Waals surface area contributed by atoms with Gasteiger partial charge in [0, 0.05) is 11.2 Å². The molecule has 1 rings (SSSR count). The average Bonchev–Trinajstić information content (AvgIpc) is 1.94. The molecule has 1 atom stereocenters. The second-order valence-electron chi connectivity index (χ2n) is 1.75. The Bertz CT molecular complexity index is 271. The molecule has 0 amide bonds. The van der Waals surface area contributed by atoms with Crippen molar-refractivity contribution in [2.75, 3.05) is 6.26 Å². The van der Waals surface area contributed by atoms with E-state index in [9.17, 15) is 4.55 Å². The summed E-state index contributed by atoms with van der Waals surface area (Å²) in [5, 5.41) is 0.531. The van der Waals surface area contributed by atoms with Gasteiger partial charge in [-0.25, -0.2) is 0 Å². The maximum absolute atomic E-state index is 10.8.